The summed E-state index contributed by atoms with van der Waals surface area (Å²) in [5.74, 6) is 0.0334. The van der Waals surface area contributed by atoms with Crippen molar-refractivity contribution in [1.82, 2.24) is 10.6 Å². The van der Waals surface area contributed by atoms with E-state index in [9.17, 15) is 9.59 Å². The lowest BCUT2D eigenvalue weighted by molar-refractivity contribution is -0.125. The number of nitrogens with one attached hydrogen (secondary N) is 2. The lowest BCUT2D eigenvalue weighted by Gasteiger charge is -2.13. The van der Waals surface area contributed by atoms with Crippen molar-refractivity contribution in [3.05, 3.63) is 33.4 Å². The Morgan fingerprint density at radius 1 is 1.10 bits per heavy atom. The Balaban J connectivity index is 2.33. The second-order valence-corrected chi connectivity index (χ2v) is 5.70. The van der Waals surface area contributed by atoms with Gasteiger partial charge in [-0.2, -0.15) is 0 Å². The fraction of sp³-hybridized carbons (Fsp3) is 0.467. The Kier molecular flexibility index (Phi) is 7.58. The van der Waals surface area contributed by atoms with E-state index >= 15 is 0 Å². The molecule has 0 aliphatic heterocycles. The van der Waals surface area contributed by atoms with Crippen molar-refractivity contribution >= 4 is 34.4 Å². The summed E-state index contributed by atoms with van der Waals surface area (Å²) in [6.07, 6.45) is 1.69. The molecule has 0 aromatic heterocycles. The predicted molar refractivity (Wildman–Crippen MR) is 88.6 cm³/mol. The van der Waals surface area contributed by atoms with Gasteiger partial charge in [-0.15, -0.1) is 0 Å². The van der Waals surface area contributed by atoms with E-state index in [0.29, 0.717) is 18.7 Å². The molecule has 0 spiro atoms. The summed E-state index contributed by atoms with van der Waals surface area (Å²) >= 11 is 2.14. The molecule has 0 fully saturated rings. The molecule has 5 heteroatoms. The number of halogens is 1. The smallest absolute Gasteiger partial charge is 0.252 e. The Morgan fingerprint density at radius 3 is 2.30 bits per heavy atom. The van der Waals surface area contributed by atoms with Crippen LogP contribution in [0.3, 0.4) is 0 Å². The first-order chi connectivity index (χ1) is 9.60. The number of hydrogen-bond acceptors (Lipinski definition) is 2. The van der Waals surface area contributed by atoms with Crippen LogP contribution in [-0.2, 0) is 4.79 Å². The number of carbonyl (C=O) groups is 2. The second-order valence-electron chi connectivity index (χ2n) is 4.54. The van der Waals surface area contributed by atoms with E-state index in [0.717, 1.165) is 16.4 Å². The maximum Gasteiger partial charge on any atom is 0.252 e. The summed E-state index contributed by atoms with van der Waals surface area (Å²) in [6, 6.07) is 7.42. The highest BCUT2D eigenvalue weighted by atomic mass is 127. The van der Waals surface area contributed by atoms with Crippen LogP contribution in [0, 0.1) is 9.49 Å². The maximum atomic E-state index is 11.9. The Bertz CT molecular complexity index is 459. The van der Waals surface area contributed by atoms with Crippen molar-refractivity contribution in [2.45, 2.75) is 26.7 Å². The highest BCUT2D eigenvalue weighted by Gasteiger charge is 2.13. The fourth-order valence-electron chi connectivity index (χ4n) is 1.91. The van der Waals surface area contributed by atoms with E-state index in [1.54, 1.807) is 6.07 Å². The summed E-state index contributed by atoms with van der Waals surface area (Å²) in [6.45, 7) is 4.92. The van der Waals surface area contributed by atoms with Crippen molar-refractivity contribution < 1.29 is 9.59 Å². The van der Waals surface area contributed by atoms with Crippen LogP contribution in [-0.4, -0.2) is 24.9 Å². The molecule has 0 unspecified atom stereocenters. The molecule has 2 amide bonds. The van der Waals surface area contributed by atoms with Crippen LogP contribution in [0.1, 0.15) is 37.0 Å². The summed E-state index contributed by atoms with van der Waals surface area (Å²) in [5, 5.41) is 5.66. The van der Waals surface area contributed by atoms with E-state index in [2.05, 4.69) is 33.2 Å². The molecule has 1 aromatic rings. The van der Waals surface area contributed by atoms with Crippen LogP contribution in [0.15, 0.2) is 24.3 Å². The minimum Gasteiger partial charge on any atom is -0.354 e. The van der Waals surface area contributed by atoms with Gasteiger partial charge in [-0.05, 0) is 47.6 Å². The van der Waals surface area contributed by atoms with E-state index in [1.807, 2.05) is 32.0 Å². The zero-order valence-electron chi connectivity index (χ0n) is 11.9. The highest BCUT2D eigenvalue weighted by Crippen LogP contribution is 2.10. The molecule has 0 saturated heterocycles. The number of rotatable bonds is 7. The standard InChI is InChI=1S/C15H21IN2O2/c1-3-11(4-2)14(19)17-9-10-18-15(20)12-7-5-6-8-13(12)16/h5-8,11H,3-4,9-10H2,1-2H3,(H,17,19)(H,18,20). The average Bonchev–Trinajstić information content (AvgIpc) is 2.45. The number of carbonyl (C=O) groups excluding carboxylic acids is 2. The van der Waals surface area contributed by atoms with Gasteiger partial charge in [-0.25, -0.2) is 0 Å². The van der Waals surface area contributed by atoms with Crippen molar-refractivity contribution in [3.63, 3.8) is 0 Å². The molecule has 0 radical (unpaired) electrons. The molecular weight excluding hydrogens is 367 g/mol. The number of amides is 2. The van der Waals surface area contributed by atoms with Crippen molar-refractivity contribution in [1.29, 1.82) is 0 Å². The Labute approximate surface area is 133 Å². The normalized spacial score (nSPS) is 10.4. The minimum atomic E-state index is -0.105. The lowest BCUT2D eigenvalue weighted by atomic mass is 10.0. The van der Waals surface area contributed by atoms with Crippen LogP contribution < -0.4 is 10.6 Å². The minimum absolute atomic E-state index is 0.0681. The van der Waals surface area contributed by atoms with Gasteiger partial charge in [-0.1, -0.05) is 26.0 Å². The summed E-state index contributed by atoms with van der Waals surface area (Å²) in [7, 11) is 0. The quantitative estimate of drug-likeness (QED) is 0.557. The van der Waals surface area contributed by atoms with Gasteiger partial charge in [0.1, 0.15) is 0 Å². The molecule has 20 heavy (non-hydrogen) atoms. The molecule has 0 atom stereocenters. The molecule has 0 saturated carbocycles. The molecule has 2 N–H and O–H groups in total. The van der Waals surface area contributed by atoms with E-state index < -0.39 is 0 Å². The zero-order chi connectivity index (χ0) is 15.0. The number of hydrogen-bond donors (Lipinski definition) is 2. The third-order valence-electron chi connectivity index (χ3n) is 3.18. The second kappa shape index (κ2) is 8.94. The van der Waals surface area contributed by atoms with Gasteiger partial charge >= 0.3 is 0 Å². The van der Waals surface area contributed by atoms with Gasteiger partial charge in [0.05, 0.1) is 5.56 Å². The topological polar surface area (TPSA) is 58.2 Å². The van der Waals surface area contributed by atoms with Gasteiger partial charge in [-0.3, -0.25) is 9.59 Å². The zero-order valence-corrected chi connectivity index (χ0v) is 14.1. The van der Waals surface area contributed by atoms with Gasteiger partial charge < -0.3 is 10.6 Å². The first-order valence-electron chi connectivity index (χ1n) is 6.90. The summed E-state index contributed by atoms with van der Waals surface area (Å²) in [4.78, 5) is 23.7. The van der Waals surface area contributed by atoms with Gasteiger partial charge in [0.2, 0.25) is 5.91 Å². The molecule has 0 heterocycles. The highest BCUT2D eigenvalue weighted by molar-refractivity contribution is 14.1. The van der Waals surface area contributed by atoms with Crippen molar-refractivity contribution in [3.8, 4) is 0 Å². The molecule has 1 aromatic carbocycles. The third-order valence-corrected chi connectivity index (χ3v) is 4.13. The molecule has 0 bridgehead atoms. The SMILES string of the molecule is CCC(CC)C(=O)NCCNC(=O)c1ccccc1I. The molecular formula is C15H21IN2O2. The molecule has 4 nitrogen and oxygen atoms in total. The van der Waals surface area contributed by atoms with Gasteiger partial charge in [0.15, 0.2) is 0 Å². The monoisotopic (exact) mass is 388 g/mol. The van der Waals surface area contributed by atoms with E-state index in [4.69, 9.17) is 0 Å². The Hall–Kier alpha value is -1.11. The summed E-state index contributed by atoms with van der Waals surface area (Å²) in [5.41, 5.74) is 0.666. The lowest BCUT2D eigenvalue weighted by Crippen LogP contribution is -2.37. The fourth-order valence-corrected chi connectivity index (χ4v) is 2.54. The van der Waals surface area contributed by atoms with Crippen molar-refractivity contribution in [2.75, 3.05) is 13.1 Å². The van der Waals surface area contributed by atoms with Crippen molar-refractivity contribution in [2.24, 2.45) is 5.92 Å². The van der Waals surface area contributed by atoms with E-state index in [1.165, 1.54) is 0 Å². The van der Waals surface area contributed by atoms with Gasteiger partial charge in [0.25, 0.3) is 5.91 Å². The molecule has 110 valence electrons. The van der Waals surface area contributed by atoms with E-state index in [-0.39, 0.29) is 17.7 Å². The number of benzene rings is 1. The van der Waals surface area contributed by atoms with Gasteiger partial charge in [0, 0.05) is 22.6 Å². The Morgan fingerprint density at radius 2 is 1.70 bits per heavy atom. The maximum absolute atomic E-state index is 11.9. The molecule has 0 aliphatic rings. The average molecular weight is 388 g/mol. The van der Waals surface area contributed by atoms with Crippen LogP contribution >= 0.6 is 22.6 Å². The summed E-state index contributed by atoms with van der Waals surface area (Å²) < 4.78 is 0.920. The first kappa shape index (κ1) is 16.9. The van der Waals surface area contributed by atoms with Crippen LogP contribution in [0.25, 0.3) is 0 Å². The predicted octanol–water partition coefficient (Wildman–Crippen LogP) is 2.57. The first-order valence-corrected chi connectivity index (χ1v) is 7.98. The molecule has 1 rings (SSSR count). The molecule has 0 aliphatic carbocycles. The van der Waals surface area contributed by atoms with Crippen LogP contribution in [0.4, 0.5) is 0 Å². The van der Waals surface area contributed by atoms with Crippen LogP contribution in [0.2, 0.25) is 0 Å². The largest absolute Gasteiger partial charge is 0.354 e. The third kappa shape index (κ3) is 5.11. The van der Waals surface area contributed by atoms with Crippen LogP contribution in [0.5, 0.6) is 0 Å².